The van der Waals surface area contributed by atoms with Gasteiger partial charge in [-0.25, -0.2) is 0 Å². The first-order valence-electron chi connectivity index (χ1n) is 8.28. The molecule has 3 N–H and O–H groups in total. The molecule has 0 spiro atoms. The van der Waals surface area contributed by atoms with Crippen molar-refractivity contribution in [3.63, 3.8) is 0 Å². The van der Waals surface area contributed by atoms with Crippen LogP contribution in [0.25, 0.3) is 0 Å². The molecule has 2 heterocycles. The van der Waals surface area contributed by atoms with Crippen molar-refractivity contribution in [1.29, 1.82) is 0 Å². The average molecular weight is 363 g/mol. The number of thiophene rings is 1. The zero-order valence-corrected chi connectivity index (χ0v) is 14.8. The van der Waals surface area contributed by atoms with E-state index in [4.69, 9.17) is 0 Å². The predicted molar refractivity (Wildman–Crippen MR) is 93.2 cm³/mol. The molecule has 0 bridgehead atoms. The van der Waals surface area contributed by atoms with Crippen molar-refractivity contribution >= 4 is 29.0 Å². The van der Waals surface area contributed by atoms with E-state index < -0.39 is 17.9 Å². The van der Waals surface area contributed by atoms with Gasteiger partial charge in [-0.2, -0.15) is 0 Å². The number of amides is 2. The highest BCUT2D eigenvalue weighted by Gasteiger charge is 2.37. The van der Waals surface area contributed by atoms with Gasteiger partial charge in [-0.15, -0.1) is 11.3 Å². The molecule has 0 aliphatic heterocycles. The highest BCUT2D eigenvalue weighted by molar-refractivity contribution is 7.12. The van der Waals surface area contributed by atoms with Crippen LogP contribution in [-0.2, 0) is 15.0 Å². The fraction of sp³-hybridized carbons (Fsp3) is 0.471. The van der Waals surface area contributed by atoms with Crippen LogP contribution in [0.2, 0.25) is 0 Å². The second-order valence-electron chi connectivity index (χ2n) is 6.39. The largest absolute Gasteiger partial charge is 0.388 e. The number of nitrogens with one attached hydrogen (secondary N) is 2. The van der Waals surface area contributed by atoms with Crippen molar-refractivity contribution in [2.45, 2.75) is 44.1 Å². The normalized spacial score (nSPS) is 17.2. The van der Waals surface area contributed by atoms with Crippen LogP contribution in [0.3, 0.4) is 0 Å². The fourth-order valence-electron chi connectivity index (χ4n) is 3.20. The van der Waals surface area contributed by atoms with E-state index in [0.717, 1.165) is 35.4 Å². The van der Waals surface area contributed by atoms with E-state index in [-0.39, 0.29) is 11.2 Å². The maximum absolute atomic E-state index is 12.1. The zero-order valence-electron chi connectivity index (χ0n) is 13.9. The summed E-state index contributed by atoms with van der Waals surface area (Å²) >= 11 is 1.58. The molecule has 2 aromatic heterocycles. The second-order valence-corrected chi connectivity index (χ2v) is 7.50. The first-order chi connectivity index (χ1) is 12.0. The van der Waals surface area contributed by atoms with E-state index in [1.807, 2.05) is 12.1 Å². The van der Waals surface area contributed by atoms with Crippen LogP contribution in [0.4, 0.5) is 5.82 Å². The molecule has 25 heavy (non-hydrogen) atoms. The molecule has 3 rings (SSSR count). The summed E-state index contributed by atoms with van der Waals surface area (Å²) in [6, 6.07) is 5.43. The predicted octanol–water partition coefficient (Wildman–Crippen LogP) is 2.36. The first kappa shape index (κ1) is 17.6. The molecule has 7 nitrogen and oxygen atoms in total. The number of anilines is 1. The molecule has 134 valence electrons. The third kappa shape index (κ3) is 3.91. The van der Waals surface area contributed by atoms with Gasteiger partial charge in [0.2, 0.25) is 0 Å². The second kappa shape index (κ2) is 7.37. The Balaban J connectivity index is 1.65. The molecule has 0 saturated heterocycles. The molecule has 0 radical (unpaired) electrons. The van der Waals surface area contributed by atoms with E-state index >= 15 is 0 Å². The van der Waals surface area contributed by atoms with Crippen LogP contribution in [0.5, 0.6) is 0 Å². The monoisotopic (exact) mass is 363 g/mol. The van der Waals surface area contributed by atoms with E-state index in [0.29, 0.717) is 6.54 Å². The maximum atomic E-state index is 12.1. The third-order valence-electron chi connectivity index (χ3n) is 4.59. The molecule has 1 fully saturated rings. The van der Waals surface area contributed by atoms with Crippen LogP contribution in [0.15, 0.2) is 29.0 Å². The topological polar surface area (TPSA) is 104 Å². The van der Waals surface area contributed by atoms with Gasteiger partial charge in [-0.1, -0.05) is 18.0 Å². The number of aromatic nitrogens is 1. The molecule has 1 aliphatic rings. The van der Waals surface area contributed by atoms with Gasteiger partial charge in [0.1, 0.15) is 6.26 Å². The van der Waals surface area contributed by atoms with Crippen LogP contribution < -0.4 is 10.6 Å². The molecule has 2 aromatic rings. The Morgan fingerprint density at radius 2 is 2.08 bits per heavy atom. The number of aliphatic hydroxyl groups excluding tert-OH is 1. The minimum atomic E-state index is -0.766. The number of nitrogens with zero attached hydrogens (tertiary/aromatic N) is 1. The number of carbonyl (C=O) groups excluding carboxylic acids is 2. The van der Waals surface area contributed by atoms with Gasteiger partial charge in [0.15, 0.2) is 5.82 Å². The number of rotatable bonds is 5. The summed E-state index contributed by atoms with van der Waals surface area (Å²) < 4.78 is 4.62. The smallest absolute Gasteiger partial charge is 0.314 e. The summed E-state index contributed by atoms with van der Waals surface area (Å²) in [5, 5.41) is 18.4. The van der Waals surface area contributed by atoms with Gasteiger partial charge in [0.25, 0.3) is 0 Å². The number of aliphatic hydroxyl groups is 1. The Morgan fingerprint density at radius 3 is 2.68 bits per heavy atom. The first-order valence-corrected chi connectivity index (χ1v) is 9.10. The third-order valence-corrected chi connectivity index (χ3v) is 6.10. The van der Waals surface area contributed by atoms with E-state index in [1.54, 1.807) is 18.3 Å². The summed E-state index contributed by atoms with van der Waals surface area (Å²) in [6.07, 6.45) is 4.90. The summed E-state index contributed by atoms with van der Waals surface area (Å²) in [5.41, 5.74) is -0.165. The average Bonchev–Trinajstić information content (AvgIpc) is 3.32. The lowest BCUT2D eigenvalue weighted by molar-refractivity contribution is -0.136. The molecule has 1 saturated carbocycles. The van der Waals surface area contributed by atoms with Crippen LogP contribution in [0, 0.1) is 0 Å². The van der Waals surface area contributed by atoms with Crippen LogP contribution in [-0.4, -0.2) is 28.6 Å². The highest BCUT2D eigenvalue weighted by Crippen LogP contribution is 2.44. The van der Waals surface area contributed by atoms with Crippen LogP contribution in [0.1, 0.15) is 48.5 Å². The van der Waals surface area contributed by atoms with Gasteiger partial charge in [-0.3, -0.25) is 14.9 Å². The molecular weight excluding hydrogens is 342 g/mol. The molecule has 1 aliphatic carbocycles. The number of carbonyl (C=O) groups is 2. The Kier molecular flexibility index (Phi) is 5.19. The van der Waals surface area contributed by atoms with Gasteiger partial charge >= 0.3 is 11.8 Å². The molecule has 0 aromatic carbocycles. The SMILES string of the molecule is C[C@@H](O)c1ccc(C2(CNC(=O)C(=O)Nc3ccon3)CCCC2)s1. The lowest BCUT2D eigenvalue weighted by Gasteiger charge is -2.28. The summed E-state index contributed by atoms with van der Waals surface area (Å²) in [5.74, 6) is -1.25. The van der Waals surface area contributed by atoms with E-state index in [9.17, 15) is 14.7 Å². The Labute approximate surface area is 149 Å². The zero-order chi connectivity index (χ0) is 17.9. The molecular formula is C17H21N3O4S. The van der Waals surface area contributed by atoms with Crippen LogP contribution >= 0.6 is 11.3 Å². The highest BCUT2D eigenvalue weighted by atomic mass is 32.1. The lowest BCUT2D eigenvalue weighted by atomic mass is 9.84. The Bertz CT molecular complexity index is 733. The maximum Gasteiger partial charge on any atom is 0.314 e. The molecule has 1 atom stereocenters. The summed E-state index contributed by atoms with van der Waals surface area (Å²) in [7, 11) is 0. The van der Waals surface area contributed by atoms with Gasteiger partial charge in [-0.05, 0) is 31.9 Å². The molecule has 2 amide bonds. The van der Waals surface area contributed by atoms with Crippen molar-refractivity contribution < 1.29 is 19.2 Å². The number of hydrogen-bond donors (Lipinski definition) is 3. The lowest BCUT2D eigenvalue weighted by Crippen LogP contribution is -2.43. The van der Waals surface area contributed by atoms with Crippen molar-refractivity contribution in [3.05, 3.63) is 34.2 Å². The van der Waals surface area contributed by atoms with Gasteiger partial charge in [0, 0.05) is 27.8 Å². The molecule has 0 unspecified atom stereocenters. The van der Waals surface area contributed by atoms with Gasteiger partial charge < -0.3 is 14.9 Å². The summed E-state index contributed by atoms with van der Waals surface area (Å²) in [6.45, 7) is 2.14. The fourth-order valence-corrected chi connectivity index (χ4v) is 4.39. The van der Waals surface area contributed by atoms with Crippen molar-refractivity contribution in [2.24, 2.45) is 0 Å². The Hall–Kier alpha value is -2.19. The minimum absolute atomic E-state index is 0.165. The number of hydrogen-bond acceptors (Lipinski definition) is 6. The van der Waals surface area contributed by atoms with Crippen molar-refractivity contribution in [2.75, 3.05) is 11.9 Å². The van der Waals surface area contributed by atoms with Gasteiger partial charge in [0.05, 0.1) is 6.10 Å². The quantitative estimate of drug-likeness (QED) is 0.708. The van der Waals surface area contributed by atoms with Crippen molar-refractivity contribution in [1.82, 2.24) is 10.5 Å². The van der Waals surface area contributed by atoms with Crippen molar-refractivity contribution in [3.8, 4) is 0 Å². The Morgan fingerprint density at radius 1 is 1.32 bits per heavy atom. The standard InChI is InChI=1S/C17H21N3O4S/c1-11(21)12-4-5-13(25-12)17(7-2-3-8-17)10-18-15(22)16(23)19-14-6-9-24-20-14/h4-6,9,11,21H,2-3,7-8,10H2,1H3,(H,18,22)(H,19,20,23)/t11-/m1/s1. The molecule has 8 heteroatoms. The minimum Gasteiger partial charge on any atom is -0.388 e. The van der Waals surface area contributed by atoms with E-state index in [1.165, 1.54) is 12.3 Å². The summed E-state index contributed by atoms with van der Waals surface area (Å²) in [4.78, 5) is 26.1. The van der Waals surface area contributed by atoms with E-state index in [2.05, 4.69) is 20.3 Å².